The molecule has 1 aromatic heterocycles. The smallest absolute Gasteiger partial charge is 0.255 e. The third-order valence-electron chi connectivity index (χ3n) is 2.83. The number of aryl methyl sites for hydroxylation is 2. The van der Waals surface area contributed by atoms with Crippen molar-refractivity contribution in [3.8, 4) is 5.75 Å². The van der Waals surface area contributed by atoms with Crippen molar-refractivity contribution in [2.24, 2.45) is 12.8 Å². The van der Waals surface area contributed by atoms with Crippen LogP contribution < -0.4 is 15.8 Å². The maximum Gasteiger partial charge on any atom is 0.255 e. The molecule has 0 unspecified atom stereocenters. The van der Waals surface area contributed by atoms with Gasteiger partial charge < -0.3 is 15.8 Å². The SMILES string of the molecule is Cc1nn(C)cc1CNc1ccc(OCC(N)=O)cc1. The van der Waals surface area contributed by atoms with Gasteiger partial charge >= 0.3 is 0 Å². The minimum Gasteiger partial charge on any atom is -0.484 e. The highest BCUT2D eigenvalue weighted by molar-refractivity contribution is 5.75. The summed E-state index contributed by atoms with van der Waals surface area (Å²) in [4.78, 5) is 10.6. The molecule has 0 saturated heterocycles. The van der Waals surface area contributed by atoms with E-state index >= 15 is 0 Å². The number of nitrogens with two attached hydrogens (primary N) is 1. The molecule has 1 aromatic carbocycles. The molecule has 0 fully saturated rings. The molecular formula is C14H18N4O2. The number of aromatic nitrogens is 2. The van der Waals surface area contributed by atoms with Gasteiger partial charge in [-0.1, -0.05) is 0 Å². The Morgan fingerprint density at radius 2 is 2.10 bits per heavy atom. The molecule has 0 spiro atoms. The van der Waals surface area contributed by atoms with Crippen molar-refractivity contribution in [2.75, 3.05) is 11.9 Å². The van der Waals surface area contributed by atoms with Gasteiger partial charge in [-0.2, -0.15) is 5.10 Å². The van der Waals surface area contributed by atoms with Gasteiger partial charge in [0.1, 0.15) is 5.75 Å². The van der Waals surface area contributed by atoms with E-state index in [1.54, 1.807) is 16.8 Å². The highest BCUT2D eigenvalue weighted by atomic mass is 16.5. The van der Waals surface area contributed by atoms with Crippen LogP contribution in [0.5, 0.6) is 5.75 Å². The first kappa shape index (κ1) is 13.9. The zero-order valence-corrected chi connectivity index (χ0v) is 11.6. The Kier molecular flexibility index (Phi) is 4.24. The molecule has 1 amide bonds. The molecule has 0 aliphatic rings. The minimum atomic E-state index is -0.487. The fraction of sp³-hybridized carbons (Fsp3) is 0.286. The lowest BCUT2D eigenvalue weighted by atomic mass is 10.2. The Bertz CT molecular complexity index is 590. The average molecular weight is 274 g/mol. The Morgan fingerprint density at radius 1 is 1.40 bits per heavy atom. The van der Waals surface area contributed by atoms with Crippen molar-refractivity contribution in [2.45, 2.75) is 13.5 Å². The van der Waals surface area contributed by atoms with Gasteiger partial charge in [-0.3, -0.25) is 9.48 Å². The minimum absolute atomic E-state index is 0.109. The monoisotopic (exact) mass is 274 g/mol. The van der Waals surface area contributed by atoms with E-state index in [2.05, 4.69) is 10.4 Å². The van der Waals surface area contributed by atoms with Crippen LogP contribution in [0.4, 0.5) is 5.69 Å². The molecule has 106 valence electrons. The predicted octanol–water partition coefficient (Wildman–Crippen LogP) is 1.20. The number of hydrogen-bond acceptors (Lipinski definition) is 4. The van der Waals surface area contributed by atoms with Gasteiger partial charge in [0.2, 0.25) is 0 Å². The number of nitrogens with zero attached hydrogens (tertiary/aromatic N) is 2. The van der Waals surface area contributed by atoms with E-state index in [1.165, 1.54) is 0 Å². The summed E-state index contributed by atoms with van der Waals surface area (Å²) >= 11 is 0. The molecular weight excluding hydrogens is 256 g/mol. The van der Waals surface area contributed by atoms with Crippen LogP contribution in [0.1, 0.15) is 11.3 Å². The van der Waals surface area contributed by atoms with Gasteiger partial charge in [0.25, 0.3) is 5.91 Å². The van der Waals surface area contributed by atoms with Crippen molar-refractivity contribution >= 4 is 11.6 Å². The van der Waals surface area contributed by atoms with Gasteiger partial charge in [-0.25, -0.2) is 0 Å². The molecule has 0 aliphatic carbocycles. The van der Waals surface area contributed by atoms with Crippen molar-refractivity contribution in [3.05, 3.63) is 41.7 Å². The van der Waals surface area contributed by atoms with Crippen molar-refractivity contribution in [1.82, 2.24) is 9.78 Å². The maximum atomic E-state index is 10.6. The number of nitrogens with one attached hydrogen (secondary N) is 1. The molecule has 0 aliphatic heterocycles. The molecule has 0 saturated carbocycles. The molecule has 0 radical (unpaired) electrons. The highest BCUT2D eigenvalue weighted by Crippen LogP contribution is 2.16. The number of anilines is 1. The third kappa shape index (κ3) is 3.74. The van der Waals surface area contributed by atoms with E-state index in [0.29, 0.717) is 12.3 Å². The summed E-state index contributed by atoms with van der Waals surface area (Å²) in [6.45, 7) is 2.58. The fourth-order valence-electron chi connectivity index (χ4n) is 1.84. The lowest BCUT2D eigenvalue weighted by Gasteiger charge is -2.07. The molecule has 0 atom stereocenters. The number of hydrogen-bond donors (Lipinski definition) is 2. The Labute approximate surface area is 117 Å². The van der Waals surface area contributed by atoms with Gasteiger partial charge in [-0.15, -0.1) is 0 Å². The topological polar surface area (TPSA) is 82.2 Å². The summed E-state index contributed by atoms with van der Waals surface area (Å²) in [5.74, 6) is 0.131. The number of ether oxygens (including phenoxy) is 1. The molecule has 6 heteroatoms. The first-order chi connectivity index (χ1) is 9.54. The zero-order valence-electron chi connectivity index (χ0n) is 11.6. The summed E-state index contributed by atoms with van der Waals surface area (Å²) in [5, 5.41) is 7.60. The lowest BCUT2D eigenvalue weighted by molar-refractivity contribution is -0.119. The summed E-state index contributed by atoms with van der Waals surface area (Å²) in [6.07, 6.45) is 1.99. The average Bonchev–Trinajstić information content (AvgIpc) is 2.73. The first-order valence-corrected chi connectivity index (χ1v) is 6.29. The molecule has 2 rings (SSSR count). The number of primary amides is 1. The van der Waals surface area contributed by atoms with Crippen LogP contribution in [-0.2, 0) is 18.4 Å². The fourth-order valence-corrected chi connectivity index (χ4v) is 1.84. The summed E-state index contributed by atoms with van der Waals surface area (Å²) < 4.78 is 6.99. The largest absolute Gasteiger partial charge is 0.484 e. The number of rotatable bonds is 6. The van der Waals surface area contributed by atoms with Crippen LogP contribution in [0.3, 0.4) is 0 Å². The normalized spacial score (nSPS) is 10.3. The van der Waals surface area contributed by atoms with E-state index in [1.807, 2.05) is 32.3 Å². The molecule has 2 aromatic rings. The van der Waals surface area contributed by atoms with Crippen LogP contribution in [0, 0.1) is 6.92 Å². The highest BCUT2D eigenvalue weighted by Gasteiger charge is 2.03. The van der Waals surface area contributed by atoms with Gasteiger partial charge in [-0.05, 0) is 31.2 Å². The standard InChI is InChI=1S/C14H18N4O2/c1-10-11(8-18(2)17-10)7-16-12-3-5-13(6-4-12)20-9-14(15)19/h3-6,8,16H,7,9H2,1-2H3,(H2,15,19). The molecule has 1 heterocycles. The molecule has 6 nitrogen and oxygen atoms in total. The number of carbonyl (C=O) groups is 1. The number of amides is 1. The Morgan fingerprint density at radius 3 is 2.65 bits per heavy atom. The van der Waals surface area contributed by atoms with Crippen LogP contribution in [0.15, 0.2) is 30.5 Å². The summed E-state index contributed by atoms with van der Waals surface area (Å²) in [5.41, 5.74) is 8.16. The lowest BCUT2D eigenvalue weighted by Crippen LogP contribution is -2.19. The summed E-state index contributed by atoms with van der Waals surface area (Å²) in [6, 6.07) is 7.37. The second-order valence-corrected chi connectivity index (χ2v) is 4.55. The molecule has 20 heavy (non-hydrogen) atoms. The third-order valence-corrected chi connectivity index (χ3v) is 2.83. The van der Waals surface area contributed by atoms with E-state index in [9.17, 15) is 4.79 Å². The first-order valence-electron chi connectivity index (χ1n) is 6.29. The Hall–Kier alpha value is -2.50. The van der Waals surface area contributed by atoms with Gasteiger partial charge in [0, 0.05) is 31.0 Å². The second-order valence-electron chi connectivity index (χ2n) is 4.55. The van der Waals surface area contributed by atoms with E-state index in [-0.39, 0.29) is 6.61 Å². The zero-order chi connectivity index (χ0) is 14.5. The maximum absolute atomic E-state index is 10.6. The molecule has 3 N–H and O–H groups in total. The van der Waals surface area contributed by atoms with Crippen LogP contribution in [-0.4, -0.2) is 22.3 Å². The van der Waals surface area contributed by atoms with E-state index < -0.39 is 5.91 Å². The van der Waals surface area contributed by atoms with E-state index in [4.69, 9.17) is 10.5 Å². The number of carbonyl (C=O) groups excluding carboxylic acids is 1. The second kappa shape index (κ2) is 6.10. The predicted molar refractivity (Wildman–Crippen MR) is 76.4 cm³/mol. The van der Waals surface area contributed by atoms with E-state index in [0.717, 1.165) is 16.9 Å². The van der Waals surface area contributed by atoms with Crippen LogP contribution >= 0.6 is 0 Å². The van der Waals surface area contributed by atoms with Gasteiger partial charge in [0.05, 0.1) is 5.69 Å². The summed E-state index contributed by atoms with van der Waals surface area (Å²) in [7, 11) is 1.90. The van der Waals surface area contributed by atoms with Crippen molar-refractivity contribution < 1.29 is 9.53 Å². The van der Waals surface area contributed by atoms with Crippen molar-refractivity contribution in [3.63, 3.8) is 0 Å². The van der Waals surface area contributed by atoms with Crippen molar-refractivity contribution in [1.29, 1.82) is 0 Å². The molecule has 0 bridgehead atoms. The quantitative estimate of drug-likeness (QED) is 0.829. The van der Waals surface area contributed by atoms with Crippen LogP contribution in [0.25, 0.3) is 0 Å². The number of benzene rings is 1. The van der Waals surface area contributed by atoms with Crippen LogP contribution in [0.2, 0.25) is 0 Å². The Balaban J connectivity index is 1.90. The van der Waals surface area contributed by atoms with Gasteiger partial charge in [0.15, 0.2) is 6.61 Å².